The number of aromatic hydroxyl groups is 1. The van der Waals surface area contributed by atoms with E-state index in [1.165, 1.54) is 0 Å². The number of carbonyl (C=O) groups excluding carboxylic acids is 1. The van der Waals surface area contributed by atoms with Gasteiger partial charge in [0.15, 0.2) is 0 Å². The quantitative estimate of drug-likeness (QED) is 0.272. The van der Waals surface area contributed by atoms with E-state index < -0.39 is 43.3 Å². The highest BCUT2D eigenvalue weighted by Gasteiger charge is 2.33. The van der Waals surface area contributed by atoms with Crippen molar-refractivity contribution >= 4 is 21.9 Å². The summed E-state index contributed by atoms with van der Waals surface area (Å²) in [6.45, 7) is -1.99. The molecule has 0 amide bonds. The Morgan fingerprint density at radius 1 is 1.19 bits per heavy atom. The fourth-order valence-electron chi connectivity index (χ4n) is 1.80. The number of pyridine rings is 1. The Labute approximate surface area is 153 Å². The van der Waals surface area contributed by atoms with E-state index in [9.17, 15) is 14.7 Å². The van der Waals surface area contributed by atoms with Gasteiger partial charge in [-0.05, 0) is 32.5 Å². The third kappa shape index (κ3) is 5.92. The second-order valence-electron chi connectivity index (χ2n) is 4.80. The van der Waals surface area contributed by atoms with Crippen LogP contribution in [0, 0.1) is 0 Å². The molecular weight excluding hydrogens is 416 g/mol. The lowest BCUT2D eigenvalue weighted by molar-refractivity contribution is -0.157. The van der Waals surface area contributed by atoms with Crippen molar-refractivity contribution < 1.29 is 14.6 Å². The third-order valence-electron chi connectivity index (χ3n) is 2.95. The molecule has 0 atom stereocenters. The minimum atomic E-state index is -1.71. The highest BCUT2D eigenvalue weighted by Crippen LogP contribution is 2.20. The number of aromatic nitrogens is 1. The average Bonchev–Trinajstić information content (AvgIpc) is 2.60. The normalized spacial score (nSPS) is 11.9. The Morgan fingerprint density at radius 2 is 1.69 bits per heavy atom. The molecule has 0 saturated carbocycles. The van der Waals surface area contributed by atoms with E-state index in [0.717, 1.165) is 16.8 Å². The van der Waals surface area contributed by atoms with Crippen LogP contribution in [0.3, 0.4) is 0 Å². The molecule has 1 N–H and O–H groups in total. The van der Waals surface area contributed by atoms with Crippen molar-refractivity contribution in [3.8, 4) is 5.75 Å². The maximum Gasteiger partial charge on any atom is 0.326 e. The lowest BCUT2D eigenvalue weighted by Gasteiger charge is -2.29. The maximum atomic E-state index is 12.2. The molecule has 14 nitrogen and oxygen atoms in total. The molecule has 1 aromatic heterocycles. The number of carbonyl (C=O) groups is 1. The summed E-state index contributed by atoms with van der Waals surface area (Å²) in [5.74, 6) is -1.25. The molecule has 0 aliphatic carbocycles. The molecule has 0 spiro atoms. The number of ether oxygens (including phenoxy) is 1. The predicted octanol–water partition coefficient (Wildman–Crippen LogP) is 2.53. The molecule has 0 fully saturated rings. The number of halogens is 1. The van der Waals surface area contributed by atoms with Crippen molar-refractivity contribution in [2.75, 3.05) is 19.6 Å². The summed E-state index contributed by atoms with van der Waals surface area (Å²) in [5.41, 5.74) is 23.1. The lowest BCUT2D eigenvalue weighted by atomic mass is 10.1. The third-order valence-corrected chi connectivity index (χ3v) is 3.59. The Kier molecular flexibility index (Phi) is 7.80. The van der Waals surface area contributed by atoms with E-state index >= 15 is 0 Å². The summed E-state index contributed by atoms with van der Waals surface area (Å²) in [7, 11) is 0. The second-order valence-corrected chi connectivity index (χ2v) is 5.65. The molecule has 0 unspecified atom stereocenters. The highest BCUT2D eigenvalue weighted by molar-refractivity contribution is 9.10. The maximum absolute atomic E-state index is 12.2. The van der Waals surface area contributed by atoms with Gasteiger partial charge >= 0.3 is 5.97 Å². The van der Waals surface area contributed by atoms with Gasteiger partial charge in [-0.3, -0.25) is 9.59 Å². The van der Waals surface area contributed by atoms with E-state index in [1.54, 1.807) is 0 Å². The molecule has 15 heteroatoms. The number of rotatable bonds is 9. The van der Waals surface area contributed by atoms with Crippen molar-refractivity contribution in [1.29, 1.82) is 0 Å². The summed E-state index contributed by atoms with van der Waals surface area (Å²) >= 11 is 2.96. The minimum absolute atomic E-state index is 0.150. The standard InChI is InChI=1S/C11H11BrN10O4/c12-7-1-9(24)22(2-8(7)23)3-10(25)26-11(4-16-19-13,5-17-20-14)6-18-21-15/h1-2,23H,3-6H2. The Balaban J connectivity index is 3.11. The predicted molar refractivity (Wildman–Crippen MR) is 90.9 cm³/mol. The van der Waals surface area contributed by atoms with Gasteiger partial charge in [0.2, 0.25) is 0 Å². The summed E-state index contributed by atoms with van der Waals surface area (Å²) < 4.78 is 6.21. The molecule has 0 aliphatic heterocycles. The van der Waals surface area contributed by atoms with Crippen molar-refractivity contribution in [1.82, 2.24) is 4.57 Å². The van der Waals surface area contributed by atoms with Crippen LogP contribution in [-0.4, -0.2) is 40.9 Å². The molecule has 0 aliphatic rings. The van der Waals surface area contributed by atoms with Crippen molar-refractivity contribution in [3.63, 3.8) is 0 Å². The monoisotopic (exact) mass is 426 g/mol. The molecule has 1 heterocycles. The van der Waals surface area contributed by atoms with Crippen LogP contribution in [0.25, 0.3) is 31.3 Å². The molecular formula is C11H11BrN10O4. The van der Waals surface area contributed by atoms with Gasteiger partial charge in [0.05, 0.1) is 30.3 Å². The zero-order valence-corrected chi connectivity index (χ0v) is 14.6. The molecule has 1 aromatic rings. The Hall–Kier alpha value is -3.37. The van der Waals surface area contributed by atoms with Crippen molar-refractivity contribution in [3.05, 3.63) is 58.4 Å². The molecule has 136 valence electrons. The smallest absolute Gasteiger partial charge is 0.326 e. The summed E-state index contributed by atoms with van der Waals surface area (Å²) in [6, 6.07) is 1.05. The molecule has 0 bridgehead atoms. The zero-order chi connectivity index (χ0) is 19.6. The first-order valence-corrected chi connectivity index (χ1v) is 7.50. The first-order chi connectivity index (χ1) is 12.4. The fraction of sp³-hybridized carbons (Fsp3) is 0.455. The minimum Gasteiger partial charge on any atom is -0.505 e. The number of hydrogen-bond donors (Lipinski definition) is 1. The van der Waals surface area contributed by atoms with E-state index in [1.807, 2.05) is 0 Å². The van der Waals surface area contributed by atoms with E-state index in [0.29, 0.717) is 0 Å². The second kappa shape index (κ2) is 9.81. The largest absolute Gasteiger partial charge is 0.505 e. The fourth-order valence-corrected chi connectivity index (χ4v) is 2.10. The number of nitrogens with zero attached hydrogens (tertiary/aromatic N) is 10. The van der Waals surface area contributed by atoms with Crippen LogP contribution in [0.4, 0.5) is 0 Å². The van der Waals surface area contributed by atoms with Crippen LogP contribution in [0.5, 0.6) is 5.75 Å². The van der Waals surface area contributed by atoms with E-state index in [2.05, 4.69) is 46.0 Å². The van der Waals surface area contributed by atoms with E-state index in [4.69, 9.17) is 21.3 Å². The molecule has 0 saturated heterocycles. The highest BCUT2D eigenvalue weighted by atomic mass is 79.9. The van der Waals surface area contributed by atoms with Crippen molar-refractivity contribution in [2.24, 2.45) is 15.3 Å². The number of hydrogen-bond acceptors (Lipinski definition) is 7. The molecule has 0 radical (unpaired) electrons. The average molecular weight is 427 g/mol. The number of azide groups is 3. The van der Waals surface area contributed by atoms with Crippen molar-refractivity contribution in [2.45, 2.75) is 12.1 Å². The van der Waals surface area contributed by atoms with E-state index in [-0.39, 0.29) is 10.2 Å². The lowest BCUT2D eigenvalue weighted by Crippen LogP contribution is -2.45. The van der Waals surface area contributed by atoms with Gasteiger partial charge in [-0.15, -0.1) is 0 Å². The molecule has 26 heavy (non-hydrogen) atoms. The van der Waals surface area contributed by atoms with Crippen LogP contribution in [-0.2, 0) is 16.1 Å². The van der Waals surface area contributed by atoms with Gasteiger partial charge in [-0.2, -0.15) is 0 Å². The van der Waals surface area contributed by atoms with Gasteiger partial charge in [0, 0.05) is 20.8 Å². The van der Waals surface area contributed by atoms with Gasteiger partial charge in [0.1, 0.15) is 17.9 Å². The summed E-state index contributed by atoms with van der Waals surface area (Å²) in [5, 5.41) is 19.4. The summed E-state index contributed by atoms with van der Waals surface area (Å²) in [6.07, 6.45) is 1.02. The Bertz CT molecular complexity index is 829. The van der Waals surface area contributed by atoms with Crippen LogP contribution >= 0.6 is 15.9 Å². The van der Waals surface area contributed by atoms with Crippen LogP contribution in [0.15, 0.2) is 36.9 Å². The molecule has 1 rings (SSSR count). The topological polar surface area (TPSA) is 215 Å². The van der Waals surface area contributed by atoms with Gasteiger partial charge in [0.25, 0.3) is 5.56 Å². The van der Waals surface area contributed by atoms with Crippen LogP contribution in [0.2, 0.25) is 0 Å². The number of esters is 1. The van der Waals surface area contributed by atoms with Crippen LogP contribution < -0.4 is 5.56 Å². The summed E-state index contributed by atoms with van der Waals surface area (Å²) in [4.78, 5) is 31.6. The van der Waals surface area contributed by atoms with Crippen LogP contribution in [0.1, 0.15) is 0 Å². The molecule has 0 aromatic carbocycles. The van der Waals surface area contributed by atoms with Gasteiger partial charge in [-0.1, -0.05) is 15.3 Å². The Morgan fingerprint density at radius 3 is 2.15 bits per heavy atom. The first kappa shape index (κ1) is 20.7. The van der Waals surface area contributed by atoms with Gasteiger partial charge < -0.3 is 14.4 Å². The zero-order valence-electron chi connectivity index (χ0n) is 13.0. The van der Waals surface area contributed by atoms with Gasteiger partial charge in [-0.25, -0.2) is 0 Å². The SMILES string of the molecule is [N-]=[N+]=NCC(CN=[N+]=[N-])(CN=[N+]=[N-])OC(=O)Cn1cc(O)c(Br)cc1=O. The first-order valence-electron chi connectivity index (χ1n) is 6.71.